The highest BCUT2D eigenvalue weighted by Gasteiger charge is 2.16. The standard InChI is InChI=1S/C28H17F2NO4/c29-22-9-5-21(6-10-22)25-14-13-24(15-26(25)30)35-28(33)16-27(32)34-23-11-7-20(8-12-23)19-3-1-18(17-31)2-4-19/h1-15H,16H2. The monoisotopic (exact) mass is 469 g/mol. The normalized spacial score (nSPS) is 10.3. The molecule has 0 radical (unpaired) electrons. The number of rotatable bonds is 6. The summed E-state index contributed by atoms with van der Waals surface area (Å²) in [5.41, 5.74) is 2.99. The van der Waals surface area contributed by atoms with Gasteiger partial charge in [0.2, 0.25) is 0 Å². The Morgan fingerprint density at radius 2 is 1.20 bits per heavy atom. The van der Waals surface area contributed by atoms with Crippen LogP contribution in [0, 0.1) is 23.0 Å². The largest absolute Gasteiger partial charge is 0.426 e. The van der Waals surface area contributed by atoms with Crippen LogP contribution in [0.4, 0.5) is 8.78 Å². The molecule has 0 aliphatic rings. The Morgan fingerprint density at radius 1 is 0.686 bits per heavy atom. The number of nitrogens with zero attached hydrogens (tertiary/aromatic N) is 1. The smallest absolute Gasteiger partial charge is 0.322 e. The minimum Gasteiger partial charge on any atom is -0.426 e. The number of carbonyl (C=O) groups excluding carboxylic acids is 2. The summed E-state index contributed by atoms with van der Waals surface area (Å²) in [5, 5.41) is 8.88. The molecule has 0 aromatic heterocycles. The second-order valence-electron chi connectivity index (χ2n) is 7.49. The van der Waals surface area contributed by atoms with E-state index in [1.54, 1.807) is 36.4 Å². The molecule has 0 fully saturated rings. The van der Waals surface area contributed by atoms with E-state index in [-0.39, 0.29) is 17.1 Å². The first-order chi connectivity index (χ1) is 16.9. The van der Waals surface area contributed by atoms with E-state index in [4.69, 9.17) is 14.7 Å². The molecule has 0 unspecified atom stereocenters. The van der Waals surface area contributed by atoms with E-state index < -0.39 is 30.0 Å². The Labute approximate surface area is 199 Å². The molecule has 0 atom stereocenters. The van der Waals surface area contributed by atoms with Crippen molar-refractivity contribution >= 4 is 11.9 Å². The highest BCUT2D eigenvalue weighted by molar-refractivity contribution is 5.93. The van der Waals surface area contributed by atoms with Gasteiger partial charge in [-0.2, -0.15) is 5.26 Å². The van der Waals surface area contributed by atoms with E-state index >= 15 is 0 Å². The van der Waals surface area contributed by atoms with Gasteiger partial charge in [-0.25, -0.2) is 8.78 Å². The first kappa shape index (κ1) is 23.3. The van der Waals surface area contributed by atoms with Gasteiger partial charge in [-0.1, -0.05) is 36.4 Å². The average molecular weight is 469 g/mol. The molecule has 0 bridgehead atoms. The van der Waals surface area contributed by atoms with E-state index in [0.29, 0.717) is 11.1 Å². The predicted molar refractivity (Wildman–Crippen MR) is 124 cm³/mol. The topological polar surface area (TPSA) is 76.4 Å². The summed E-state index contributed by atoms with van der Waals surface area (Å²) >= 11 is 0. The van der Waals surface area contributed by atoms with Gasteiger partial charge in [0.1, 0.15) is 29.6 Å². The lowest BCUT2D eigenvalue weighted by Crippen LogP contribution is -2.18. The lowest BCUT2D eigenvalue weighted by atomic mass is 10.0. The van der Waals surface area contributed by atoms with Crippen molar-refractivity contribution < 1.29 is 27.8 Å². The molecule has 4 rings (SSSR count). The summed E-state index contributed by atoms with van der Waals surface area (Å²) in [6.45, 7) is 0. The van der Waals surface area contributed by atoms with Gasteiger partial charge in [0.15, 0.2) is 0 Å². The zero-order valence-corrected chi connectivity index (χ0v) is 18.2. The molecule has 0 heterocycles. The molecule has 0 N–H and O–H groups in total. The number of nitriles is 1. The quantitative estimate of drug-likeness (QED) is 0.195. The molecule has 0 saturated carbocycles. The summed E-state index contributed by atoms with van der Waals surface area (Å²) in [6.07, 6.45) is -0.668. The Bertz CT molecular complexity index is 1410. The fraction of sp³-hybridized carbons (Fsp3) is 0.0357. The van der Waals surface area contributed by atoms with Gasteiger partial charge in [0.25, 0.3) is 0 Å². The SMILES string of the molecule is N#Cc1ccc(-c2ccc(OC(=O)CC(=O)Oc3ccc(-c4ccc(F)cc4)c(F)c3)cc2)cc1. The lowest BCUT2D eigenvalue weighted by Gasteiger charge is -2.08. The number of hydrogen-bond acceptors (Lipinski definition) is 5. The van der Waals surface area contributed by atoms with Crippen molar-refractivity contribution in [1.29, 1.82) is 5.26 Å². The van der Waals surface area contributed by atoms with Gasteiger partial charge >= 0.3 is 11.9 Å². The van der Waals surface area contributed by atoms with Gasteiger partial charge in [-0.3, -0.25) is 9.59 Å². The van der Waals surface area contributed by atoms with Crippen LogP contribution in [0.5, 0.6) is 11.5 Å². The average Bonchev–Trinajstić information content (AvgIpc) is 2.85. The van der Waals surface area contributed by atoms with Gasteiger partial charge in [-0.15, -0.1) is 0 Å². The van der Waals surface area contributed by atoms with Crippen LogP contribution in [-0.4, -0.2) is 11.9 Å². The fourth-order valence-electron chi connectivity index (χ4n) is 3.33. The first-order valence-electron chi connectivity index (χ1n) is 10.5. The summed E-state index contributed by atoms with van der Waals surface area (Å²) in [4.78, 5) is 24.2. The van der Waals surface area contributed by atoms with Crippen LogP contribution in [0.2, 0.25) is 0 Å². The fourth-order valence-corrected chi connectivity index (χ4v) is 3.33. The number of hydrogen-bond donors (Lipinski definition) is 0. The first-order valence-corrected chi connectivity index (χ1v) is 10.5. The molecule has 0 spiro atoms. The maximum Gasteiger partial charge on any atom is 0.322 e. The second kappa shape index (κ2) is 10.4. The summed E-state index contributed by atoms with van der Waals surface area (Å²) in [6, 6.07) is 24.9. The zero-order chi connectivity index (χ0) is 24.8. The molecule has 0 amide bonds. The van der Waals surface area contributed by atoms with E-state index in [1.165, 1.54) is 36.4 Å². The third-order valence-electron chi connectivity index (χ3n) is 5.05. The van der Waals surface area contributed by atoms with Crippen LogP contribution in [0.3, 0.4) is 0 Å². The van der Waals surface area contributed by atoms with Gasteiger partial charge in [-0.05, 0) is 65.2 Å². The molecule has 0 aliphatic heterocycles. The Hall–Kier alpha value is -4.83. The molecule has 5 nitrogen and oxygen atoms in total. The van der Waals surface area contributed by atoms with Crippen LogP contribution >= 0.6 is 0 Å². The van der Waals surface area contributed by atoms with Crippen molar-refractivity contribution in [2.75, 3.05) is 0 Å². The third-order valence-corrected chi connectivity index (χ3v) is 5.05. The van der Waals surface area contributed by atoms with E-state index in [9.17, 15) is 18.4 Å². The maximum absolute atomic E-state index is 14.4. The van der Waals surface area contributed by atoms with E-state index in [0.717, 1.165) is 17.2 Å². The van der Waals surface area contributed by atoms with Gasteiger partial charge in [0.05, 0.1) is 11.6 Å². The molecule has 0 saturated heterocycles. The van der Waals surface area contributed by atoms with Crippen molar-refractivity contribution in [3.8, 4) is 39.8 Å². The molecule has 172 valence electrons. The summed E-state index contributed by atoms with van der Waals surface area (Å²) < 4.78 is 37.7. The Balaban J connectivity index is 1.33. The van der Waals surface area contributed by atoms with Crippen LogP contribution < -0.4 is 9.47 Å². The number of esters is 2. The van der Waals surface area contributed by atoms with E-state index in [1.807, 2.05) is 12.1 Å². The highest BCUT2D eigenvalue weighted by Crippen LogP contribution is 2.27. The molecule has 0 aliphatic carbocycles. The number of carbonyl (C=O) groups is 2. The van der Waals surface area contributed by atoms with E-state index in [2.05, 4.69) is 6.07 Å². The molecule has 7 heteroatoms. The zero-order valence-electron chi connectivity index (χ0n) is 18.2. The molecule has 4 aromatic carbocycles. The highest BCUT2D eigenvalue weighted by atomic mass is 19.1. The molecule has 4 aromatic rings. The number of benzene rings is 4. The van der Waals surface area contributed by atoms with Crippen molar-refractivity contribution in [2.45, 2.75) is 6.42 Å². The minimum absolute atomic E-state index is 0.0714. The van der Waals surface area contributed by atoms with Crippen LogP contribution in [0.1, 0.15) is 12.0 Å². The third kappa shape index (κ3) is 5.95. The van der Waals surface area contributed by atoms with Crippen molar-refractivity contribution in [2.24, 2.45) is 0 Å². The predicted octanol–water partition coefficient (Wildman–Crippen LogP) is 6.07. The molecular formula is C28H17F2NO4. The summed E-state index contributed by atoms with van der Waals surface area (Å²) in [7, 11) is 0. The summed E-state index contributed by atoms with van der Waals surface area (Å²) in [5.74, 6) is -2.66. The minimum atomic E-state index is -0.905. The van der Waals surface area contributed by atoms with Crippen LogP contribution in [-0.2, 0) is 9.59 Å². The lowest BCUT2D eigenvalue weighted by molar-refractivity contribution is -0.144. The second-order valence-corrected chi connectivity index (χ2v) is 7.49. The van der Waals surface area contributed by atoms with Crippen LogP contribution in [0.15, 0.2) is 91.0 Å². The van der Waals surface area contributed by atoms with Gasteiger partial charge < -0.3 is 9.47 Å². The number of ether oxygens (including phenoxy) is 2. The Morgan fingerprint density at radius 3 is 1.77 bits per heavy atom. The molecular weight excluding hydrogens is 452 g/mol. The van der Waals surface area contributed by atoms with Crippen molar-refractivity contribution in [3.05, 3.63) is 108 Å². The van der Waals surface area contributed by atoms with Crippen molar-refractivity contribution in [3.63, 3.8) is 0 Å². The molecule has 35 heavy (non-hydrogen) atoms. The van der Waals surface area contributed by atoms with Crippen molar-refractivity contribution in [1.82, 2.24) is 0 Å². The van der Waals surface area contributed by atoms with Crippen LogP contribution in [0.25, 0.3) is 22.3 Å². The van der Waals surface area contributed by atoms with Gasteiger partial charge in [0, 0.05) is 11.6 Å². The Kier molecular flexibility index (Phi) is 6.94. The number of halogens is 2. The maximum atomic E-state index is 14.4.